The van der Waals surface area contributed by atoms with Crippen LogP contribution in [0.2, 0.25) is 0 Å². The first-order valence-corrected chi connectivity index (χ1v) is 14.5. The van der Waals surface area contributed by atoms with E-state index in [1.165, 1.54) is 16.0 Å². The number of methoxy groups -OCH3 is 1. The highest BCUT2D eigenvalue weighted by Gasteiger charge is 2.65. The van der Waals surface area contributed by atoms with E-state index < -0.39 is 0 Å². The number of benzene rings is 1. The zero-order valence-corrected chi connectivity index (χ0v) is 23.0. The summed E-state index contributed by atoms with van der Waals surface area (Å²) in [5.74, 6) is 2.51. The maximum Gasteiger partial charge on any atom is 0.144 e. The highest BCUT2D eigenvalue weighted by atomic mass is 32.1. The van der Waals surface area contributed by atoms with E-state index in [0.29, 0.717) is 11.7 Å². The fourth-order valence-electron chi connectivity index (χ4n) is 7.33. The number of ether oxygens (including phenoxy) is 1. The van der Waals surface area contributed by atoms with Crippen molar-refractivity contribution in [3.8, 4) is 5.75 Å². The number of aromatic nitrogens is 2. The van der Waals surface area contributed by atoms with Crippen molar-refractivity contribution in [2.75, 3.05) is 24.3 Å². The van der Waals surface area contributed by atoms with Gasteiger partial charge in [0.2, 0.25) is 0 Å². The maximum absolute atomic E-state index is 13.5. The third-order valence-corrected chi connectivity index (χ3v) is 10.5. The number of aliphatic hydroxyl groups excluding tert-OH is 1. The molecule has 8 heteroatoms. The first-order chi connectivity index (χ1) is 18.4. The summed E-state index contributed by atoms with van der Waals surface area (Å²) < 4.78 is 5.72. The Kier molecular flexibility index (Phi) is 5.57. The molecule has 0 saturated heterocycles. The Hall–Kier alpha value is -2.97. The van der Waals surface area contributed by atoms with Gasteiger partial charge in [0.1, 0.15) is 28.5 Å². The molecule has 0 radical (unpaired) electrons. The number of aryl methyl sites for hydroxylation is 1. The van der Waals surface area contributed by atoms with Crippen molar-refractivity contribution in [3.05, 3.63) is 40.0 Å². The molecular formula is C30H34N4O3S. The number of nitrogens with zero attached hydrogens (tertiary/aromatic N) is 2. The molecule has 2 saturated carbocycles. The Labute approximate surface area is 226 Å². The lowest BCUT2D eigenvalue weighted by Crippen LogP contribution is -2.27. The molecule has 1 spiro atoms. The van der Waals surface area contributed by atoms with Crippen LogP contribution in [0.25, 0.3) is 16.3 Å². The smallest absolute Gasteiger partial charge is 0.144 e. The molecule has 3 N–H and O–H groups in total. The number of anilines is 3. The van der Waals surface area contributed by atoms with Gasteiger partial charge in [0.25, 0.3) is 0 Å². The number of fused-ring (bicyclic) bond motifs is 4. The molecule has 38 heavy (non-hydrogen) atoms. The van der Waals surface area contributed by atoms with Gasteiger partial charge in [-0.2, -0.15) is 0 Å². The summed E-state index contributed by atoms with van der Waals surface area (Å²) in [6.45, 7) is 5.15. The summed E-state index contributed by atoms with van der Waals surface area (Å²) >= 11 is 1.69. The van der Waals surface area contributed by atoms with Crippen molar-refractivity contribution in [2.24, 2.45) is 23.2 Å². The fourth-order valence-corrected chi connectivity index (χ4v) is 8.60. The second kappa shape index (κ2) is 8.78. The molecule has 2 aromatic heterocycles. The van der Waals surface area contributed by atoms with Crippen LogP contribution in [0, 0.1) is 23.2 Å². The zero-order valence-electron chi connectivity index (χ0n) is 22.1. The van der Waals surface area contributed by atoms with Gasteiger partial charge in [-0.05, 0) is 68.6 Å². The monoisotopic (exact) mass is 530 g/mol. The minimum atomic E-state index is -0.311. The predicted octanol–water partition coefficient (Wildman–Crippen LogP) is 5.74. The Balaban J connectivity index is 1.17. The first-order valence-electron chi connectivity index (χ1n) is 13.7. The van der Waals surface area contributed by atoms with Crippen LogP contribution in [0.15, 0.2) is 24.0 Å². The van der Waals surface area contributed by atoms with E-state index >= 15 is 0 Å². The molecule has 1 aromatic carbocycles. The lowest BCUT2D eigenvalue weighted by Gasteiger charge is -2.23. The lowest BCUT2D eigenvalue weighted by atomic mass is 9.82. The minimum absolute atomic E-state index is 0.0377. The molecule has 4 aliphatic rings. The third kappa shape index (κ3) is 3.75. The van der Waals surface area contributed by atoms with Gasteiger partial charge >= 0.3 is 0 Å². The molecule has 3 heterocycles. The summed E-state index contributed by atoms with van der Waals surface area (Å²) in [6, 6.07) is 4.14. The van der Waals surface area contributed by atoms with Crippen molar-refractivity contribution in [1.29, 1.82) is 0 Å². The molecule has 0 amide bonds. The largest absolute Gasteiger partial charge is 0.494 e. The number of ketones is 1. The number of hydrogen-bond donors (Lipinski definition) is 3. The number of Topliss-reactive ketones (excluding diaryl/α,β-unsaturated/α-hetero) is 1. The van der Waals surface area contributed by atoms with Crippen LogP contribution in [0.4, 0.5) is 17.2 Å². The molecule has 7 nitrogen and oxygen atoms in total. The van der Waals surface area contributed by atoms with Gasteiger partial charge in [-0.25, -0.2) is 9.97 Å². The molecule has 3 aliphatic carbocycles. The van der Waals surface area contributed by atoms with Gasteiger partial charge in [0.05, 0.1) is 24.3 Å². The number of rotatable bonds is 5. The summed E-state index contributed by atoms with van der Waals surface area (Å²) in [6.07, 6.45) is 8.67. The Bertz CT molecular complexity index is 1500. The van der Waals surface area contributed by atoms with E-state index in [9.17, 15) is 9.90 Å². The Morgan fingerprint density at radius 1 is 1.29 bits per heavy atom. The quantitative estimate of drug-likeness (QED) is 0.387. The van der Waals surface area contributed by atoms with Gasteiger partial charge in [0, 0.05) is 40.4 Å². The predicted molar refractivity (Wildman–Crippen MR) is 151 cm³/mol. The average Bonchev–Trinajstić information content (AvgIpc) is 3.38. The van der Waals surface area contributed by atoms with E-state index in [1.807, 2.05) is 6.07 Å². The van der Waals surface area contributed by atoms with Crippen LogP contribution < -0.4 is 15.4 Å². The van der Waals surface area contributed by atoms with E-state index in [4.69, 9.17) is 4.74 Å². The Morgan fingerprint density at radius 2 is 2.16 bits per heavy atom. The molecule has 0 bridgehead atoms. The molecule has 2 fully saturated rings. The van der Waals surface area contributed by atoms with E-state index in [-0.39, 0.29) is 23.4 Å². The fraction of sp³-hybridized carbons (Fsp3) is 0.500. The van der Waals surface area contributed by atoms with Crippen molar-refractivity contribution in [1.82, 2.24) is 9.97 Å². The number of carbonyl (C=O) groups excluding carboxylic acids is 1. The second-order valence-electron chi connectivity index (χ2n) is 11.9. The number of thiophene rings is 1. The minimum Gasteiger partial charge on any atom is -0.494 e. The lowest BCUT2D eigenvalue weighted by molar-refractivity contribution is -0.125. The zero-order chi connectivity index (χ0) is 26.2. The van der Waals surface area contributed by atoms with Crippen molar-refractivity contribution in [2.45, 2.75) is 58.5 Å². The first kappa shape index (κ1) is 24.1. The van der Waals surface area contributed by atoms with Gasteiger partial charge in [-0.3, -0.25) is 4.79 Å². The SMILES string of the molecule is COc1cc2c(cc1Nc1ncnc3sc4c(c13)CCC(C(=O)C1CC13CC(C)CC3O)C4)C=C(C)CN2. The average molecular weight is 531 g/mol. The van der Waals surface area contributed by atoms with Crippen LogP contribution in [-0.4, -0.2) is 40.6 Å². The molecule has 7 rings (SSSR count). The van der Waals surface area contributed by atoms with Crippen LogP contribution >= 0.6 is 11.3 Å². The molecular weight excluding hydrogens is 496 g/mol. The van der Waals surface area contributed by atoms with Crippen LogP contribution in [0.1, 0.15) is 55.5 Å². The van der Waals surface area contributed by atoms with Gasteiger partial charge < -0.3 is 20.5 Å². The van der Waals surface area contributed by atoms with E-state index in [2.05, 4.69) is 46.6 Å². The topological polar surface area (TPSA) is 96.4 Å². The molecule has 5 unspecified atom stereocenters. The van der Waals surface area contributed by atoms with E-state index in [0.717, 1.165) is 83.8 Å². The Morgan fingerprint density at radius 3 is 2.95 bits per heavy atom. The summed E-state index contributed by atoms with van der Waals surface area (Å²) in [5.41, 5.74) is 5.47. The third-order valence-electron chi connectivity index (χ3n) is 9.31. The number of carbonyl (C=O) groups is 1. The van der Waals surface area contributed by atoms with Gasteiger partial charge in [0.15, 0.2) is 0 Å². The van der Waals surface area contributed by atoms with Gasteiger partial charge in [-0.15, -0.1) is 11.3 Å². The number of hydrogen-bond acceptors (Lipinski definition) is 8. The number of nitrogens with one attached hydrogen (secondary N) is 2. The molecule has 3 aromatic rings. The highest BCUT2D eigenvalue weighted by Crippen LogP contribution is 2.65. The summed E-state index contributed by atoms with van der Waals surface area (Å²) in [4.78, 5) is 25.0. The van der Waals surface area contributed by atoms with Gasteiger partial charge in [-0.1, -0.05) is 18.6 Å². The molecule has 5 atom stereocenters. The summed E-state index contributed by atoms with van der Waals surface area (Å²) in [5, 5.41) is 18.7. The number of aliphatic hydroxyl groups is 1. The van der Waals surface area contributed by atoms with Crippen molar-refractivity contribution in [3.63, 3.8) is 0 Å². The highest BCUT2D eigenvalue weighted by molar-refractivity contribution is 7.19. The van der Waals surface area contributed by atoms with Crippen LogP contribution in [0.5, 0.6) is 5.75 Å². The van der Waals surface area contributed by atoms with Crippen molar-refractivity contribution < 1.29 is 14.6 Å². The standard InChI is InChI=1S/C30H34N4O3S/c1-15-7-25(35)30(11-15)12-20(30)27(36)17-4-5-19-24(9-17)38-29-26(19)28(32-14-33-29)34-22-8-18-6-16(2)13-31-21(18)10-23(22)37-3/h6,8,10,14-15,17,20,25,31,35H,4-5,7,9,11-13H2,1-3H3,(H,32,33,34). The molecule has 1 aliphatic heterocycles. The second-order valence-corrected chi connectivity index (χ2v) is 13.0. The van der Waals surface area contributed by atoms with Crippen LogP contribution in [-0.2, 0) is 17.6 Å². The van der Waals surface area contributed by atoms with E-state index in [1.54, 1.807) is 24.8 Å². The normalized spacial score (nSPS) is 29.4. The van der Waals surface area contributed by atoms with Crippen LogP contribution in [0.3, 0.4) is 0 Å². The van der Waals surface area contributed by atoms with Crippen molar-refractivity contribution >= 4 is 50.6 Å². The molecule has 198 valence electrons. The summed E-state index contributed by atoms with van der Waals surface area (Å²) in [7, 11) is 1.69. The maximum atomic E-state index is 13.5.